The minimum Gasteiger partial charge on any atom is -0.309 e. The van der Waals surface area contributed by atoms with Crippen LogP contribution in [0.3, 0.4) is 0 Å². The summed E-state index contributed by atoms with van der Waals surface area (Å²) in [4.78, 5) is 16.3. The van der Waals surface area contributed by atoms with E-state index >= 15 is 0 Å². The van der Waals surface area contributed by atoms with Crippen LogP contribution in [0.15, 0.2) is 194 Å². The SMILES string of the molecule is c1ccc(-c2nc(-c3ccc4c(c3)c3ccccc3n4-c3ccccc3)nc(-c3c4c(cc5c6ccccc6c6ccccc6c35)sc3cc5ccccc5cc34)n2)cc1. The number of aromatic nitrogens is 4. The summed E-state index contributed by atoms with van der Waals surface area (Å²) in [5.74, 6) is 1.94. The van der Waals surface area contributed by atoms with E-state index in [-0.39, 0.29) is 0 Å². The standard InChI is InChI=1S/C55H32N4S/c1-3-15-33(16-4-1)53-56-54(36-27-28-47-43(30-36)41-24-13-14-26-46(41)59(47)37-19-5-2-6-20-37)58-55(57-53)52-50-42-25-12-11-22-39(42)38-21-9-10-23-40(38)44(50)32-49-51(52)45-29-34-17-7-8-18-35(34)31-48(45)60-49/h1-32H. The molecule has 0 saturated carbocycles. The van der Waals surface area contributed by atoms with Gasteiger partial charge in [-0.15, -0.1) is 11.3 Å². The lowest BCUT2D eigenvalue weighted by Gasteiger charge is -2.16. The molecule has 13 aromatic rings. The van der Waals surface area contributed by atoms with Crippen LogP contribution in [0.4, 0.5) is 0 Å². The Morgan fingerprint density at radius 2 is 0.900 bits per heavy atom. The number of hydrogen-bond donors (Lipinski definition) is 0. The van der Waals surface area contributed by atoms with Crippen molar-refractivity contribution in [1.29, 1.82) is 0 Å². The number of thiophene rings is 1. The van der Waals surface area contributed by atoms with Gasteiger partial charge in [0.1, 0.15) is 0 Å². The Balaban J connectivity index is 1.18. The first kappa shape index (κ1) is 33.3. The van der Waals surface area contributed by atoms with Gasteiger partial charge >= 0.3 is 0 Å². The van der Waals surface area contributed by atoms with E-state index in [0.29, 0.717) is 17.5 Å². The van der Waals surface area contributed by atoms with Crippen LogP contribution in [0.25, 0.3) is 125 Å². The van der Waals surface area contributed by atoms with Gasteiger partial charge in [0, 0.05) is 58.7 Å². The topological polar surface area (TPSA) is 43.6 Å². The summed E-state index contributed by atoms with van der Waals surface area (Å²) >= 11 is 1.84. The summed E-state index contributed by atoms with van der Waals surface area (Å²) in [7, 11) is 0. The summed E-state index contributed by atoms with van der Waals surface area (Å²) in [5, 5.41) is 14.4. The molecule has 0 spiro atoms. The first-order chi connectivity index (χ1) is 29.7. The summed E-state index contributed by atoms with van der Waals surface area (Å²) in [5.41, 5.74) is 6.33. The van der Waals surface area contributed by atoms with E-state index in [1.54, 1.807) is 0 Å². The Bertz CT molecular complexity index is 3890. The monoisotopic (exact) mass is 780 g/mol. The Morgan fingerprint density at radius 3 is 1.67 bits per heavy atom. The molecule has 4 nitrogen and oxygen atoms in total. The van der Waals surface area contributed by atoms with Crippen LogP contribution in [-0.4, -0.2) is 19.5 Å². The average Bonchev–Trinajstić information content (AvgIpc) is 3.85. The molecule has 5 heteroatoms. The van der Waals surface area contributed by atoms with Crippen LogP contribution < -0.4 is 0 Å². The molecule has 0 atom stereocenters. The van der Waals surface area contributed by atoms with Crippen LogP contribution in [0.2, 0.25) is 0 Å². The largest absolute Gasteiger partial charge is 0.309 e. The Labute approximate surface area is 348 Å². The van der Waals surface area contributed by atoms with Crippen LogP contribution in [0, 0.1) is 0 Å². The molecule has 0 radical (unpaired) electrons. The normalized spacial score (nSPS) is 12.0. The first-order valence-electron chi connectivity index (χ1n) is 20.3. The van der Waals surface area contributed by atoms with Gasteiger partial charge < -0.3 is 4.57 Å². The van der Waals surface area contributed by atoms with E-state index in [0.717, 1.165) is 44.2 Å². The second-order valence-electron chi connectivity index (χ2n) is 15.5. The van der Waals surface area contributed by atoms with Crippen molar-refractivity contribution >= 4 is 96.4 Å². The lowest BCUT2D eigenvalue weighted by molar-refractivity contribution is 1.08. The predicted molar refractivity (Wildman–Crippen MR) is 253 cm³/mol. The van der Waals surface area contributed by atoms with Crippen LogP contribution in [0.1, 0.15) is 0 Å². The van der Waals surface area contributed by atoms with Crippen molar-refractivity contribution in [2.45, 2.75) is 0 Å². The minimum absolute atomic E-state index is 0.637. The smallest absolute Gasteiger partial charge is 0.165 e. The second kappa shape index (κ2) is 12.9. The third kappa shape index (κ3) is 4.93. The van der Waals surface area contributed by atoms with Gasteiger partial charge in [0.05, 0.1) is 11.0 Å². The lowest BCUT2D eigenvalue weighted by Crippen LogP contribution is -2.01. The van der Waals surface area contributed by atoms with Crippen LogP contribution in [-0.2, 0) is 0 Å². The third-order valence-electron chi connectivity index (χ3n) is 12.2. The fourth-order valence-corrected chi connectivity index (χ4v) is 10.7. The maximum absolute atomic E-state index is 5.56. The number of nitrogens with zero attached hydrogens (tertiary/aromatic N) is 4. The van der Waals surface area contributed by atoms with Gasteiger partial charge in [0.2, 0.25) is 0 Å². The van der Waals surface area contributed by atoms with Gasteiger partial charge in [-0.1, -0.05) is 140 Å². The van der Waals surface area contributed by atoms with Crippen LogP contribution >= 0.6 is 11.3 Å². The zero-order valence-corrected chi connectivity index (χ0v) is 33.0. The zero-order valence-electron chi connectivity index (χ0n) is 32.2. The minimum atomic E-state index is 0.637. The second-order valence-corrected chi connectivity index (χ2v) is 16.6. The van der Waals surface area contributed by atoms with Crippen molar-refractivity contribution < 1.29 is 0 Å². The Kier molecular flexibility index (Phi) is 7.14. The molecular formula is C55H32N4S. The molecule has 0 unspecified atom stereocenters. The van der Waals surface area contributed by atoms with Gasteiger partial charge in [0.15, 0.2) is 17.5 Å². The lowest BCUT2D eigenvalue weighted by atomic mass is 9.89. The molecule has 0 bridgehead atoms. The maximum atomic E-state index is 5.56. The Morgan fingerprint density at radius 1 is 0.333 bits per heavy atom. The third-order valence-corrected chi connectivity index (χ3v) is 13.3. The predicted octanol–water partition coefficient (Wildman–Crippen LogP) is 15.0. The quantitative estimate of drug-likeness (QED) is 0.167. The average molecular weight is 781 g/mol. The van der Waals surface area contributed by atoms with E-state index < -0.39 is 0 Å². The van der Waals surface area contributed by atoms with Gasteiger partial charge in [-0.2, -0.15) is 0 Å². The number of para-hydroxylation sites is 2. The highest BCUT2D eigenvalue weighted by Crippen LogP contribution is 2.49. The van der Waals surface area contributed by atoms with E-state index in [1.807, 2.05) is 17.4 Å². The Hall–Kier alpha value is -7.73. The van der Waals surface area contributed by atoms with Gasteiger partial charge in [-0.05, 0) is 92.3 Å². The number of hydrogen-bond acceptors (Lipinski definition) is 4. The van der Waals surface area contributed by atoms with Gasteiger partial charge in [-0.3, -0.25) is 0 Å². The molecule has 3 aromatic heterocycles. The maximum Gasteiger partial charge on any atom is 0.165 e. The summed E-state index contributed by atoms with van der Waals surface area (Å²) < 4.78 is 4.80. The van der Waals surface area contributed by atoms with Gasteiger partial charge in [0.25, 0.3) is 0 Å². The fourth-order valence-electron chi connectivity index (χ4n) is 9.53. The van der Waals surface area contributed by atoms with Crippen molar-refractivity contribution in [2.24, 2.45) is 0 Å². The molecule has 0 aliphatic carbocycles. The number of fused-ring (bicyclic) bond motifs is 13. The molecule has 0 saturated heterocycles. The molecule has 0 aliphatic heterocycles. The van der Waals surface area contributed by atoms with Crippen molar-refractivity contribution in [3.05, 3.63) is 194 Å². The summed E-state index contributed by atoms with van der Waals surface area (Å²) in [6.45, 7) is 0. The van der Waals surface area contributed by atoms with Crippen molar-refractivity contribution in [2.75, 3.05) is 0 Å². The van der Waals surface area contributed by atoms with Crippen molar-refractivity contribution in [1.82, 2.24) is 19.5 Å². The van der Waals surface area contributed by atoms with E-state index in [9.17, 15) is 0 Å². The highest BCUT2D eigenvalue weighted by atomic mass is 32.1. The van der Waals surface area contributed by atoms with E-state index in [4.69, 9.17) is 15.0 Å². The zero-order chi connectivity index (χ0) is 39.3. The molecule has 10 aromatic carbocycles. The fraction of sp³-hybridized carbons (Fsp3) is 0. The molecule has 3 heterocycles. The summed E-state index contributed by atoms with van der Waals surface area (Å²) in [6.07, 6.45) is 0. The molecule has 0 N–H and O–H groups in total. The molecule has 278 valence electrons. The summed E-state index contributed by atoms with van der Waals surface area (Å²) in [6, 6.07) is 69.6. The highest BCUT2D eigenvalue weighted by Gasteiger charge is 2.24. The van der Waals surface area contributed by atoms with Gasteiger partial charge in [-0.25, -0.2) is 15.0 Å². The number of rotatable bonds is 4. The van der Waals surface area contributed by atoms with Crippen molar-refractivity contribution in [3.63, 3.8) is 0 Å². The molecule has 0 aliphatic rings. The molecular weight excluding hydrogens is 749 g/mol. The van der Waals surface area contributed by atoms with Crippen LogP contribution in [0.5, 0.6) is 0 Å². The first-order valence-corrected chi connectivity index (χ1v) is 21.1. The molecule has 0 fully saturated rings. The highest BCUT2D eigenvalue weighted by molar-refractivity contribution is 7.26. The number of benzene rings is 10. The molecule has 60 heavy (non-hydrogen) atoms. The van der Waals surface area contributed by atoms with Crippen molar-refractivity contribution in [3.8, 4) is 39.9 Å². The molecule has 13 rings (SSSR count). The van der Waals surface area contributed by atoms with E-state index in [2.05, 4.69) is 193 Å². The van der Waals surface area contributed by atoms with E-state index in [1.165, 1.54) is 63.3 Å². The molecule has 0 amide bonds.